The van der Waals surface area contributed by atoms with Gasteiger partial charge in [0.15, 0.2) is 6.10 Å². The van der Waals surface area contributed by atoms with Crippen molar-refractivity contribution in [2.24, 2.45) is 5.73 Å². The molecule has 2 atom stereocenters. The molecule has 3 N–H and O–H groups in total. The van der Waals surface area contributed by atoms with Gasteiger partial charge < -0.3 is 20.1 Å². The van der Waals surface area contributed by atoms with Crippen molar-refractivity contribution in [1.29, 1.82) is 0 Å². The summed E-state index contributed by atoms with van der Waals surface area (Å²) in [5.74, 6) is -0.896. The van der Waals surface area contributed by atoms with Gasteiger partial charge in [0, 0.05) is 19.4 Å². The molecule has 0 heterocycles. The van der Waals surface area contributed by atoms with Gasteiger partial charge in [0.2, 0.25) is 0 Å². The van der Waals surface area contributed by atoms with Gasteiger partial charge in [-0.05, 0) is 70.6 Å². The number of carbonyl (C=O) groups excluding carboxylic acids is 2. The van der Waals surface area contributed by atoms with Gasteiger partial charge in [0.05, 0.1) is 13.2 Å². The first-order valence-electron chi connectivity index (χ1n) is 21.1. The van der Waals surface area contributed by atoms with E-state index >= 15 is 0 Å². The molecule has 0 spiro atoms. The first-order chi connectivity index (χ1) is 25.8. The minimum atomic E-state index is -4.39. The van der Waals surface area contributed by atoms with Crippen LogP contribution in [0.2, 0.25) is 0 Å². The van der Waals surface area contributed by atoms with Crippen LogP contribution in [0.1, 0.15) is 181 Å². The van der Waals surface area contributed by atoms with E-state index in [1.165, 1.54) is 89.9 Å². The number of phosphoric acid groups is 1. The van der Waals surface area contributed by atoms with Gasteiger partial charge in [0.1, 0.15) is 6.61 Å². The maximum atomic E-state index is 12.5. The van der Waals surface area contributed by atoms with Gasteiger partial charge in [-0.25, -0.2) is 4.57 Å². The van der Waals surface area contributed by atoms with E-state index in [1.807, 2.05) is 6.08 Å². The van der Waals surface area contributed by atoms with Gasteiger partial charge in [-0.2, -0.15) is 0 Å². The Labute approximate surface area is 324 Å². The van der Waals surface area contributed by atoms with Crippen molar-refractivity contribution in [1.82, 2.24) is 0 Å². The number of hydrogen-bond donors (Lipinski definition) is 2. The quantitative estimate of drug-likeness (QED) is 0.0271. The molecule has 53 heavy (non-hydrogen) atoms. The van der Waals surface area contributed by atoms with Gasteiger partial charge in [-0.3, -0.25) is 18.6 Å². The number of rotatable bonds is 39. The second kappa shape index (κ2) is 39.7. The summed E-state index contributed by atoms with van der Waals surface area (Å²) in [7, 11) is -4.39. The number of ether oxygens (including phenoxy) is 2. The summed E-state index contributed by atoms with van der Waals surface area (Å²) < 4.78 is 32.7. The summed E-state index contributed by atoms with van der Waals surface area (Å²) in [6.45, 7) is 3.64. The first-order valence-corrected chi connectivity index (χ1v) is 22.6. The van der Waals surface area contributed by atoms with E-state index < -0.39 is 32.5 Å². The summed E-state index contributed by atoms with van der Waals surface area (Å²) in [5.41, 5.74) is 5.34. The average molecular weight is 768 g/mol. The largest absolute Gasteiger partial charge is 0.472 e. The number of esters is 2. The Morgan fingerprint density at radius 2 is 1.00 bits per heavy atom. The van der Waals surface area contributed by atoms with Gasteiger partial charge >= 0.3 is 19.8 Å². The molecule has 0 aromatic carbocycles. The van der Waals surface area contributed by atoms with Crippen LogP contribution in [0.15, 0.2) is 48.6 Å². The number of nitrogens with two attached hydrogens (primary N) is 1. The van der Waals surface area contributed by atoms with Crippen molar-refractivity contribution in [2.75, 3.05) is 26.4 Å². The highest BCUT2D eigenvalue weighted by molar-refractivity contribution is 7.47. The lowest BCUT2D eigenvalue weighted by atomic mass is 10.1. The monoisotopic (exact) mass is 768 g/mol. The van der Waals surface area contributed by atoms with E-state index in [2.05, 4.69) is 56.4 Å². The normalized spacial score (nSPS) is 13.8. The Balaban J connectivity index is 4.27. The third kappa shape index (κ3) is 39.5. The molecule has 0 bridgehead atoms. The molecule has 0 aromatic rings. The topological polar surface area (TPSA) is 134 Å². The molecule has 0 amide bonds. The summed E-state index contributed by atoms with van der Waals surface area (Å²) in [6.07, 6.45) is 44.3. The minimum absolute atomic E-state index is 0.0439. The number of phosphoric ester groups is 1. The summed E-state index contributed by atoms with van der Waals surface area (Å²) in [5, 5.41) is 0. The van der Waals surface area contributed by atoms with E-state index in [0.717, 1.165) is 51.4 Å². The maximum Gasteiger partial charge on any atom is 0.472 e. The number of unbranched alkanes of at least 4 members (excludes halogenated alkanes) is 18. The molecular weight excluding hydrogens is 689 g/mol. The van der Waals surface area contributed by atoms with Gasteiger partial charge in [-0.1, -0.05) is 146 Å². The molecule has 0 saturated heterocycles. The molecule has 0 aromatic heterocycles. The van der Waals surface area contributed by atoms with Crippen LogP contribution in [-0.4, -0.2) is 49.3 Å². The van der Waals surface area contributed by atoms with Crippen LogP contribution < -0.4 is 5.73 Å². The van der Waals surface area contributed by atoms with Crippen LogP contribution in [-0.2, 0) is 32.7 Å². The smallest absolute Gasteiger partial charge is 0.462 e. The SMILES string of the molecule is CCCCCCC=CCCCCCCCCCC(=O)OCC(COP(=O)(O)OCCN)OC(=O)CCCC=CCC=CCC=CCCCCCCCC. The zero-order valence-electron chi connectivity index (χ0n) is 33.7. The lowest BCUT2D eigenvalue weighted by Crippen LogP contribution is -2.29. The lowest BCUT2D eigenvalue weighted by molar-refractivity contribution is -0.161. The van der Waals surface area contributed by atoms with Crippen LogP contribution >= 0.6 is 7.82 Å². The summed E-state index contributed by atoms with van der Waals surface area (Å²) in [4.78, 5) is 34.8. The van der Waals surface area contributed by atoms with Crippen molar-refractivity contribution in [3.8, 4) is 0 Å². The Bertz CT molecular complexity index is 1010. The van der Waals surface area contributed by atoms with E-state index in [4.69, 9.17) is 24.3 Å². The van der Waals surface area contributed by atoms with Gasteiger partial charge in [-0.15, -0.1) is 0 Å². The van der Waals surface area contributed by atoms with Crippen molar-refractivity contribution in [3.05, 3.63) is 48.6 Å². The van der Waals surface area contributed by atoms with Crippen molar-refractivity contribution >= 4 is 19.8 Å². The van der Waals surface area contributed by atoms with Crippen LogP contribution in [0.5, 0.6) is 0 Å². The third-order valence-corrected chi connectivity index (χ3v) is 9.67. The Morgan fingerprint density at radius 1 is 0.566 bits per heavy atom. The molecule has 0 aliphatic heterocycles. The second-order valence-electron chi connectivity index (χ2n) is 13.8. The number of allylic oxidation sites excluding steroid dienone is 8. The predicted molar refractivity (Wildman–Crippen MR) is 220 cm³/mol. The third-order valence-electron chi connectivity index (χ3n) is 8.69. The molecule has 0 rings (SSSR count). The highest BCUT2D eigenvalue weighted by atomic mass is 31.2. The molecule has 0 aliphatic carbocycles. The van der Waals surface area contributed by atoms with Crippen LogP contribution in [0.3, 0.4) is 0 Å². The maximum absolute atomic E-state index is 12.5. The highest BCUT2D eigenvalue weighted by Crippen LogP contribution is 2.43. The molecule has 308 valence electrons. The van der Waals surface area contributed by atoms with Crippen LogP contribution in [0.4, 0.5) is 0 Å². The minimum Gasteiger partial charge on any atom is -0.462 e. The number of carbonyl (C=O) groups is 2. The molecule has 0 saturated carbocycles. The molecule has 2 unspecified atom stereocenters. The molecule has 0 radical (unpaired) electrons. The fraction of sp³-hybridized carbons (Fsp3) is 0.767. The molecule has 0 aliphatic rings. The van der Waals surface area contributed by atoms with Gasteiger partial charge in [0.25, 0.3) is 0 Å². The van der Waals surface area contributed by atoms with Crippen LogP contribution in [0, 0.1) is 0 Å². The fourth-order valence-corrected chi connectivity index (χ4v) is 6.29. The molecule has 10 heteroatoms. The summed E-state index contributed by atoms with van der Waals surface area (Å²) >= 11 is 0. The second-order valence-corrected chi connectivity index (χ2v) is 15.3. The molecule has 0 fully saturated rings. The Kier molecular flexibility index (Phi) is 38.1. The molecule has 9 nitrogen and oxygen atoms in total. The van der Waals surface area contributed by atoms with Crippen molar-refractivity contribution in [3.63, 3.8) is 0 Å². The highest BCUT2D eigenvalue weighted by Gasteiger charge is 2.25. The zero-order valence-corrected chi connectivity index (χ0v) is 34.6. The first kappa shape index (κ1) is 51.0. The molecular formula is C43H78NO8P. The van der Waals surface area contributed by atoms with Crippen molar-refractivity contribution in [2.45, 2.75) is 187 Å². The number of hydrogen-bond acceptors (Lipinski definition) is 8. The fourth-order valence-electron chi connectivity index (χ4n) is 5.53. The Morgan fingerprint density at radius 3 is 1.55 bits per heavy atom. The van der Waals surface area contributed by atoms with E-state index in [9.17, 15) is 19.0 Å². The lowest BCUT2D eigenvalue weighted by Gasteiger charge is -2.19. The standard InChI is InChI=1S/C43H78NO8P/c1-3-5-7-9-11-13-15-17-19-20-22-24-26-28-30-32-34-36-43(46)52-41(40-51-53(47,48)50-38-37-44)39-49-42(45)35-33-31-29-27-25-23-21-18-16-14-12-10-8-6-4-2/h14,16-17,19,22,24,28,30,41H,3-13,15,18,20-21,23,25-27,29,31-40,44H2,1-2H3,(H,47,48). The van der Waals surface area contributed by atoms with E-state index in [0.29, 0.717) is 12.8 Å². The average Bonchev–Trinajstić information content (AvgIpc) is 3.14. The Hall–Kier alpha value is -2.03. The van der Waals surface area contributed by atoms with Crippen LogP contribution in [0.25, 0.3) is 0 Å². The van der Waals surface area contributed by atoms with E-state index in [1.54, 1.807) is 0 Å². The van der Waals surface area contributed by atoms with Crippen molar-refractivity contribution < 1.29 is 37.6 Å². The van der Waals surface area contributed by atoms with E-state index in [-0.39, 0.29) is 32.6 Å². The summed E-state index contributed by atoms with van der Waals surface area (Å²) in [6, 6.07) is 0. The zero-order chi connectivity index (χ0) is 38.9. The predicted octanol–water partition coefficient (Wildman–Crippen LogP) is 11.9.